The zero-order valence-electron chi connectivity index (χ0n) is 17.8. The lowest BCUT2D eigenvalue weighted by atomic mass is 10.1. The minimum atomic E-state index is -0.581. The first-order valence-corrected chi connectivity index (χ1v) is 10.1. The molecule has 168 valence electrons. The Kier molecular flexibility index (Phi) is 7.42. The largest absolute Gasteiger partial charge is 0.496 e. The lowest BCUT2D eigenvalue weighted by Crippen LogP contribution is -2.31. The van der Waals surface area contributed by atoms with Gasteiger partial charge in [-0.05, 0) is 66.6 Å². The van der Waals surface area contributed by atoms with E-state index in [2.05, 4.69) is 10.6 Å². The van der Waals surface area contributed by atoms with Gasteiger partial charge in [-0.15, -0.1) is 0 Å². The number of nitrogens with zero attached hydrogens (tertiary/aromatic N) is 1. The van der Waals surface area contributed by atoms with Crippen LogP contribution in [0.25, 0.3) is 6.08 Å². The standard InChI is InChI=1S/C24H20ClN3O5/c1-15-13-17(25)9-12-20(15)26-24(30)21(14-16-7-10-18(11-8-16)28(31)32)27-23(29)19-5-3-4-6-22(19)33-2/h3-14H,1-2H3,(H,26,30)(H,27,29)/b21-14-. The Balaban J connectivity index is 1.95. The van der Waals surface area contributed by atoms with Gasteiger partial charge in [-0.25, -0.2) is 0 Å². The second-order valence-corrected chi connectivity index (χ2v) is 7.41. The van der Waals surface area contributed by atoms with E-state index in [-0.39, 0.29) is 16.9 Å². The van der Waals surface area contributed by atoms with E-state index in [1.165, 1.54) is 37.5 Å². The Morgan fingerprint density at radius 3 is 2.39 bits per heavy atom. The summed E-state index contributed by atoms with van der Waals surface area (Å²) >= 11 is 5.98. The Hall–Kier alpha value is -4.17. The molecule has 0 aliphatic carbocycles. The zero-order chi connectivity index (χ0) is 24.0. The molecule has 0 fully saturated rings. The first-order chi connectivity index (χ1) is 15.8. The summed E-state index contributed by atoms with van der Waals surface area (Å²) in [5.74, 6) is -0.788. The second-order valence-electron chi connectivity index (χ2n) is 6.97. The first kappa shape index (κ1) is 23.5. The van der Waals surface area contributed by atoms with Crippen molar-refractivity contribution in [1.82, 2.24) is 5.32 Å². The van der Waals surface area contributed by atoms with Crippen LogP contribution in [0.4, 0.5) is 11.4 Å². The molecule has 0 spiro atoms. The molecule has 0 bridgehead atoms. The van der Waals surface area contributed by atoms with E-state index in [9.17, 15) is 19.7 Å². The predicted molar refractivity (Wildman–Crippen MR) is 126 cm³/mol. The molecule has 8 nitrogen and oxygen atoms in total. The number of rotatable bonds is 7. The van der Waals surface area contributed by atoms with Crippen LogP contribution in [0.1, 0.15) is 21.5 Å². The third-order valence-electron chi connectivity index (χ3n) is 4.70. The maximum absolute atomic E-state index is 13.1. The highest BCUT2D eigenvalue weighted by molar-refractivity contribution is 6.30. The van der Waals surface area contributed by atoms with Gasteiger partial charge in [-0.1, -0.05) is 23.7 Å². The van der Waals surface area contributed by atoms with Gasteiger partial charge < -0.3 is 15.4 Å². The van der Waals surface area contributed by atoms with Crippen molar-refractivity contribution in [3.8, 4) is 5.75 Å². The third kappa shape index (κ3) is 5.96. The van der Waals surface area contributed by atoms with Crippen molar-refractivity contribution in [2.75, 3.05) is 12.4 Å². The van der Waals surface area contributed by atoms with Crippen LogP contribution in [0, 0.1) is 17.0 Å². The molecule has 0 unspecified atom stereocenters. The smallest absolute Gasteiger partial charge is 0.272 e. The fraction of sp³-hybridized carbons (Fsp3) is 0.0833. The van der Waals surface area contributed by atoms with Crippen molar-refractivity contribution >= 4 is 40.9 Å². The summed E-state index contributed by atoms with van der Waals surface area (Å²) in [6.07, 6.45) is 1.43. The lowest BCUT2D eigenvalue weighted by Gasteiger charge is -2.14. The fourth-order valence-corrected chi connectivity index (χ4v) is 3.22. The van der Waals surface area contributed by atoms with Crippen LogP contribution in [0.2, 0.25) is 5.02 Å². The van der Waals surface area contributed by atoms with Gasteiger partial charge in [0.15, 0.2) is 0 Å². The van der Waals surface area contributed by atoms with Crippen LogP contribution < -0.4 is 15.4 Å². The number of hydrogen-bond acceptors (Lipinski definition) is 5. The number of nitrogens with one attached hydrogen (secondary N) is 2. The predicted octanol–water partition coefficient (Wildman–Crippen LogP) is 4.97. The molecule has 0 aliphatic heterocycles. The number of non-ortho nitro benzene ring substituents is 1. The van der Waals surface area contributed by atoms with Crippen molar-refractivity contribution in [2.24, 2.45) is 0 Å². The highest BCUT2D eigenvalue weighted by Gasteiger charge is 2.18. The van der Waals surface area contributed by atoms with E-state index in [1.54, 1.807) is 49.4 Å². The molecule has 9 heteroatoms. The number of methoxy groups -OCH3 is 1. The highest BCUT2D eigenvalue weighted by atomic mass is 35.5. The number of aryl methyl sites for hydroxylation is 1. The van der Waals surface area contributed by atoms with E-state index in [1.807, 2.05) is 0 Å². The number of halogens is 1. The molecule has 0 saturated carbocycles. The molecule has 0 heterocycles. The third-order valence-corrected chi connectivity index (χ3v) is 4.93. The Labute approximate surface area is 195 Å². The number of nitro groups is 1. The number of anilines is 1. The van der Waals surface area contributed by atoms with E-state index in [0.717, 1.165) is 5.56 Å². The number of amides is 2. The maximum Gasteiger partial charge on any atom is 0.272 e. The number of para-hydroxylation sites is 1. The SMILES string of the molecule is COc1ccccc1C(=O)N/C(=C\c1ccc([N+](=O)[O-])cc1)C(=O)Nc1ccc(Cl)cc1C. The fourth-order valence-electron chi connectivity index (χ4n) is 3.00. The van der Waals surface area contributed by atoms with Crippen LogP contribution in [0.3, 0.4) is 0 Å². The second kappa shape index (κ2) is 10.4. The van der Waals surface area contributed by atoms with Crippen molar-refractivity contribution in [1.29, 1.82) is 0 Å². The number of carbonyl (C=O) groups is 2. The molecular formula is C24H20ClN3O5. The molecule has 0 aliphatic rings. The number of ether oxygens (including phenoxy) is 1. The molecule has 0 atom stereocenters. The molecular weight excluding hydrogens is 446 g/mol. The summed E-state index contributed by atoms with van der Waals surface area (Å²) in [7, 11) is 1.44. The van der Waals surface area contributed by atoms with Crippen LogP contribution in [0.5, 0.6) is 5.75 Å². The number of carbonyl (C=O) groups excluding carboxylic acids is 2. The van der Waals surface area contributed by atoms with Crippen molar-refractivity contribution in [2.45, 2.75) is 6.92 Å². The average molecular weight is 466 g/mol. The van der Waals surface area contributed by atoms with Crippen LogP contribution >= 0.6 is 11.6 Å². The van der Waals surface area contributed by atoms with E-state index < -0.39 is 16.7 Å². The molecule has 33 heavy (non-hydrogen) atoms. The molecule has 3 rings (SSSR count). The molecule has 2 N–H and O–H groups in total. The van der Waals surface area contributed by atoms with Gasteiger partial charge in [-0.3, -0.25) is 19.7 Å². The van der Waals surface area contributed by atoms with E-state index >= 15 is 0 Å². The number of hydrogen-bond donors (Lipinski definition) is 2. The molecule has 0 saturated heterocycles. The normalized spacial score (nSPS) is 10.9. The van der Waals surface area contributed by atoms with Gasteiger partial charge in [0.2, 0.25) is 0 Å². The van der Waals surface area contributed by atoms with Crippen LogP contribution in [-0.2, 0) is 4.79 Å². The quantitative estimate of drug-likeness (QED) is 0.290. The Bertz CT molecular complexity index is 1240. The topological polar surface area (TPSA) is 111 Å². The Morgan fingerprint density at radius 2 is 1.76 bits per heavy atom. The Morgan fingerprint density at radius 1 is 1.06 bits per heavy atom. The maximum atomic E-state index is 13.1. The average Bonchev–Trinajstić information content (AvgIpc) is 2.80. The van der Waals surface area contributed by atoms with Gasteiger partial charge in [-0.2, -0.15) is 0 Å². The van der Waals surface area contributed by atoms with E-state index in [0.29, 0.717) is 22.0 Å². The minimum absolute atomic E-state index is 0.0610. The molecule has 0 aromatic heterocycles. The van der Waals surface area contributed by atoms with E-state index in [4.69, 9.17) is 16.3 Å². The summed E-state index contributed by atoms with van der Waals surface area (Å²) in [5, 5.41) is 16.8. The monoisotopic (exact) mass is 465 g/mol. The van der Waals surface area contributed by atoms with Gasteiger partial charge >= 0.3 is 0 Å². The van der Waals surface area contributed by atoms with Crippen LogP contribution in [0.15, 0.2) is 72.4 Å². The van der Waals surface area contributed by atoms with Crippen molar-refractivity contribution in [3.63, 3.8) is 0 Å². The molecule has 0 radical (unpaired) electrons. The molecule has 2 amide bonds. The number of benzene rings is 3. The molecule has 3 aromatic carbocycles. The summed E-state index contributed by atoms with van der Waals surface area (Å²) in [6.45, 7) is 1.79. The summed E-state index contributed by atoms with van der Waals surface area (Å²) in [6, 6.07) is 17.2. The summed E-state index contributed by atoms with van der Waals surface area (Å²) < 4.78 is 5.23. The van der Waals surface area contributed by atoms with Gasteiger partial charge in [0.1, 0.15) is 11.4 Å². The number of nitro benzene ring substituents is 1. The first-order valence-electron chi connectivity index (χ1n) is 9.76. The van der Waals surface area contributed by atoms with Gasteiger partial charge in [0, 0.05) is 22.8 Å². The van der Waals surface area contributed by atoms with Crippen molar-refractivity contribution in [3.05, 3.63) is 104 Å². The van der Waals surface area contributed by atoms with Gasteiger partial charge in [0.25, 0.3) is 17.5 Å². The van der Waals surface area contributed by atoms with Crippen molar-refractivity contribution < 1.29 is 19.2 Å². The zero-order valence-corrected chi connectivity index (χ0v) is 18.6. The van der Waals surface area contributed by atoms with Gasteiger partial charge in [0.05, 0.1) is 17.6 Å². The summed E-state index contributed by atoms with van der Waals surface area (Å²) in [5.41, 5.74) is 1.83. The summed E-state index contributed by atoms with van der Waals surface area (Å²) in [4.78, 5) is 36.4. The molecule has 3 aromatic rings. The minimum Gasteiger partial charge on any atom is -0.496 e. The lowest BCUT2D eigenvalue weighted by molar-refractivity contribution is -0.384. The van der Waals surface area contributed by atoms with Crippen LogP contribution in [-0.4, -0.2) is 23.8 Å². The highest BCUT2D eigenvalue weighted by Crippen LogP contribution is 2.22.